The summed E-state index contributed by atoms with van der Waals surface area (Å²) in [4.78, 5) is 14.4. The van der Waals surface area contributed by atoms with E-state index in [9.17, 15) is 4.79 Å². The van der Waals surface area contributed by atoms with E-state index >= 15 is 0 Å². The summed E-state index contributed by atoms with van der Waals surface area (Å²) >= 11 is 0. The number of carbonyl (C=O) groups excluding carboxylic acids is 1. The zero-order chi connectivity index (χ0) is 12.4. The van der Waals surface area contributed by atoms with E-state index in [4.69, 9.17) is 4.74 Å². The molecule has 0 N–H and O–H groups in total. The molecule has 2 heterocycles. The normalized spacial score (nSPS) is 23.1. The summed E-state index contributed by atoms with van der Waals surface area (Å²) in [5.41, 5.74) is 1.16. The van der Waals surface area contributed by atoms with Crippen molar-refractivity contribution in [2.45, 2.75) is 38.2 Å². The predicted octanol–water partition coefficient (Wildman–Crippen LogP) is 2.39. The Morgan fingerprint density at radius 3 is 2.56 bits per heavy atom. The van der Waals surface area contributed by atoms with Gasteiger partial charge in [0.25, 0.3) is 5.91 Å². The van der Waals surface area contributed by atoms with Crippen molar-refractivity contribution >= 4 is 5.91 Å². The highest BCUT2D eigenvalue weighted by Crippen LogP contribution is 2.29. The summed E-state index contributed by atoms with van der Waals surface area (Å²) < 4.78 is 5.77. The Balaban J connectivity index is 1.68. The SMILES string of the molecule is O=C(C1Cc2ccccc2O1)N1CCCCCC1. The number of likely N-dealkylation sites (tertiary alicyclic amines) is 1. The van der Waals surface area contributed by atoms with Gasteiger partial charge in [-0.15, -0.1) is 0 Å². The number of benzene rings is 1. The zero-order valence-electron chi connectivity index (χ0n) is 10.6. The van der Waals surface area contributed by atoms with E-state index in [1.54, 1.807) is 0 Å². The number of para-hydroxylation sites is 1. The lowest BCUT2D eigenvalue weighted by Crippen LogP contribution is -2.41. The van der Waals surface area contributed by atoms with Crippen LogP contribution in [-0.2, 0) is 11.2 Å². The van der Waals surface area contributed by atoms with E-state index in [0.29, 0.717) is 0 Å². The molecule has 1 saturated heterocycles. The predicted molar refractivity (Wildman–Crippen MR) is 69.6 cm³/mol. The van der Waals surface area contributed by atoms with Crippen LogP contribution in [0.15, 0.2) is 24.3 Å². The molecule has 0 aromatic heterocycles. The lowest BCUT2D eigenvalue weighted by molar-refractivity contribution is -0.137. The van der Waals surface area contributed by atoms with Gasteiger partial charge in [-0.1, -0.05) is 31.0 Å². The second-order valence-electron chi connectivity index (χ2n) is 5.16. The number of fused-ring (bicyclic) bond motifs is 1. The third-order valence-electron chi connectivity index (χ3n) is 3.84. The fourth-order valence-electron chi connectivity index (χ4n) is 2.81. The van der Waals surface area contributed by atoms with E-state index in [-0.39, 0.29) is 12.0 Å². The molecule has 0 spiro atoms. The minimum absolute atomic E-state index is 0.174. The first-order valence-electron chi connectivity index (χ1n) is 6.88. The molecule has 1 atom stereocenters. The number of hydrogen-bond acceptors (Lipinski definition) is 2. The molecule has 1 fully saturated rings. The maximum Gasteiger partial charge on any atom is 0.263 e. The van der Waals surface area contributed by atoms with Gasteiger partial charge in [-0.3, -0.25) is 4.79 Å². The minimum Gasteiger partial charge on any atom is -0.480 e. The van der Waals surface area contributed by atoms with E-state index in [1.807, 2.05) is 29.2 Å². The summed E-state index contributed by atoms with van der Waals surface area (Å²) in [7, 11) is 0. The Hall–Kier alpha value is -1.51. The van der Waals surface area contributed by atoms with Crippen molar-refractivity contribution < 1.29 is 9.53 Å². The van der Waals surface area contributed by atoms with Gasteiger partial charge in [-0.2, -0.15) is 0 Å². The van der Waals surface area contributed by atoms with Gasteiger partial charge in [0.2, 0.25) is 0 Å². The fraction of sp³-hybridized carbons (Fsp3) is 0.533. The molecule has 2 aliphatic rings. The van der Waals surface area contributed by atoms with Crippen molar-refractivity contribution in [2.75, 3.05) is 13.1 Å². The van der Waals surface area contributed by atoms with Gasteiger partial charge in [0.15, 0.2) is 6.10 Å². The van der Waals surface area contributed by atoms with Crippen molar-refractivity contribution in [1.82, 2.24) is 4.90 Å². The first kappa shape index (κ1) is 11.6. The third kappa shape index (κ3) is 2.22. The largest absolute Gasteiger partial charge is 0.480 e. The van der Waals surface area contributed by atoms with Crippen LogP contribution in [0.3, 0.4) is 0 Å². The minimum atomic E-state index is -0.291. The maximum atomic E-state index is 12.4. The molecule has 18 heavy (non-hydrogen) atoms. The molecule has 96 valence electrons. The number of carbonyl (C=O) groups is 1. The van der Waals surface area contributed by atoms with Crippen LogP contribution >= 0.6 is 0 Å². The fourth-order valence-corrected chi connectivity index (χ4v) is 2.81. The zero-order valence-corrected chi connectivity index (χ0v) is 10.6. The van der Waals surface area contributed by atoms with Crippen molar-refractivity contribution in [2.24, 2.45) is 0 Å². The van der Waals surface area contributed by atoms with Crippen LogP contribution in [-0.4, -0.2) is 30.0 Å². The van der Waals surface area contributed by atoms with Gasteiger partial charge in [-0.05, 0) is 24.5 Å². The molecule has 1 unspecified atom stereocenters. The first-order valence-corrected chi connectivity index (χ1v) is 6.88. The van der Waals surface area contributed by atoms with E-state index in [2.05, 4.69) is 0 Å². The summed E-state index contributed by atoms with van der Waals surface area (Å²) in [6.45, 7) is 1.80. The molecule has 1 aromatic rings. The van der Waals surface area contributed by atoms with Crippen LogP contribution in [0.25, 0.3) is 0 Å². The highest BCUT2D eigenvalue weighted by atomic mass is 16.5. The highest BCUT2D eigenvalue weighted by Gasteiger charge is 2.32. The molecule has 0 saturated carbocycles. The Morgan fingerprint density at radius 2 is 1.83 bits per heavy atom. The van der Waals surface area contributed by atoms with Gasteiger partial charge >= 0.3 is 0 Å². The number of rotatable bonds is 1. The summed E-state index contributed by atoms with van der Waals surface area (Å²) in [5, 5.41) is 0. The van der Waals surface area contributed by atoms with Crippen molar-refractivity contribution in [3.8, 4) is 5.75 Å². The third-order valence-corrected chi connectivity index (χ3v) is 3.84. The van der Waals surface area contributed by atoms with Crippen molar-refractivity contribution in [1.29, 1.82) is 0 Å². The molecule has 0 bridgehead atoms. The lowest BCUT2D eigenvalue weighted by Gasteiger charge is -2.23. The molecule has 1 amide bonds. The Kier molecular flexibility index (Phi) is 3.22. The van der Waals surface area contributed by atoms with Crippen LogP contribution in [0.4, 0.5) is 0 Å². The number of amides is 1. The molecular formula is C15H19NO2. The highest BCUT2D eigenvalue weighted by molar-refractivity contribution is 5.82. The smallest absolute Gasteiger partial charge is 0.263 e. The van der Waals surface area contributed by atoms with Gasteiger partial charge in [0.05, 0.1) is 0 Å². The van der Waals surface area contributed by atoms with Crippen LogP contribution < -0.4 is 4.74 Å². The van der Waals surface area contributed by atoms with Crippen molar-refractivity contribution in [3.05, 3.63) is 29.8 Å². The monoisotopic (exact) mass is 245 g/mol. The van der Waals surface area contributed by atoms with Crippen LogP contribution in [0.5, 0.6) is 5.75 Å². The molecule has 3 rings (SSSR count). The molecular weight excluding hydrogens is 226 g/mol. The number of nitrogens with zero attached hydrogens (tertiary/aromatic N) is 1. The molecule has 1 aromatic carbocycles. The number of hydrogen-bond donors (Lipinski definition) is 0. The van der Waals surface area contributed by atoms with Crippen LogP contribution in [0, 0.1) is 0 Å². The van der Waals surface area contributed by atoms with Gasteiger partial charge < -0.3 is 9.64 Å². The van der Waals surface area contributed by atoms with Gasteiger partial charge in [0.1, 0.15) is 5.75 Å². The average molecular weight is 245 g/mol. The summed E-state index contributed by atoms with van der Waals surface area (Å²) in [6.07, 6.45) is 5.19. The molecule has 0 aliphatic carbocycles. The Bertz CT molecular complexity index is 411. The number of ether oxygens (including phenoxy) is 1. The van der Waals surface area contributed by atoms with Crippen LogP contribution in [0.1, 0.15) is 31.2 Å². The summed E-state index contributed by atoms with van der Waals surface area (Å²) in [5.74, 6) is 1.05. The second kappa shape index (κ2) is 5.01. The topological polar surface area (TPSA) is 29.5 Å². The molecule has 0 radical (unpaired) electrons. The van der Waals surface area contributed by atoms with Gasteiger partial charge in [-0.25, -0.2) is 0 Å². The van der Waals surface area contributed by atoms with E-state index in [0.717, 1.165) is 43.7 Å². The standard InChI is InChI=1S/C15H19NO2/c17-15(16-9-5-1-2-6-10-16)14-11-12-7-3-4-8-13(12)18-14/h3-4,7-8,14H,1-2,5-6,9-11H2. The molecule has 2 aliphatic heterocycles. The Labute approximate surface area is 108 Å². The van der Waals surface area contributed by atoms with Gasteiger partial charge in [0, 0.05) is 19.5 Å². The van der Waals surface area contributed by atoms with Crippen LogP contribution in [0.2, 0.25) is 0 Å². The molecule has 3 nitrogen and oxygen atoms in total. The second-order valence-corrected chi connectivity index (χ2v) is 5.16. The maximum absolute atomic E-state index is 12.4. The Morgan fingerprint density at radius 1 is 1.11 bits per heavy atom. The summed E-state index contributed by atoms with van der Waals surface area (Å²) in [6, 6.07) is 7.95. The lowest BCUT2D eigenvalue weighted by atomic mass is 10.1. The molecule has 3 heteroatoms. The van der Waals surface area contributed by atoms with E-state index < -0.39 is 0 Å². The average Bonchev–Trinajstić information content (AvgIpc) is 2.64. The van der Waals surface area contributed by atoms with Crippen molar-refractivity contribution in [3.63, 3.8) is 0 Å². The first-order chi connectivity index (χ1) is 8.84. The quantitative estimate of drug-likeness (QED) is 0.760. The van der Waals surface area contributed by atoms with E-state index in [1.165, 1.54) is 12.8 Å².